The number of hydrogen-bond donors (Lipinski definition) is 1. The van der Waals surface area contributed by atoms with Gasteiger partial charge in [-0.1, -0.05) is 41.9 Å². The standard InChI is InChI=1S/C21H19ClN2O4/c1-27-19-11-20(28-2)18(10-17(19)22)24(21(25)26)13-14-5-7-15(8-6-14)16-4-3-9-23-12-16/h3-12H,13H2,1-2H3,(H,25,26). The summed E-state index contributed by atoms with van der Waals surface area (Å²) in [4.78, 5) is 17.2. The van der Waals surface area contributed by atoms with Crippen LogP contribution in [0.3, 0.4) is 0 Å². The molecule has 144 valence electrons. The normalized spacial score (nSPS) is 10.4. The third-order valence-electron chi connectivity index (χ3n) is 4.26. The van der Waals surface area contributed by atoms with E-state index >= 15 is 0 Å². The van der Waals surface area contributed by atoms with Crippen LogP contribution in [0, 0.1) is 0 Å². The van der Waals surface area contributed by atoms with Crippen molar-refractivity contribution in [1.29, 1.82) is 0 Å². The quantitative estimate of drug-likeness (QED) is 0.625. The van der Waals surface area contributed by atoms with Crippen molar-refractivity contribution >= 4 is 23.4 Å². The number of benzene rings is 2. The largest absolute Gasteiger partial charge is 0.495 e. The highest BCUT2D eigenvalue weighted by Crippen LogP contribution is 2.38. The predicted molar refractivity (Wildman–Crippen MR) is 108 cm³/mol. The molecule has 7 heteroatoms. The number of methoxy groups -OCH3 is 2. The Morgan fingerprint density at radius 2 is 1.79 bits per heavy atom. The summed E-state index contributed by atoms with van der Waals surface area (Å²) in [6.07, 6.45) is 2.38. The number of nitrogens with zero attached hydrogens (tertiary/aromatic N) is 2. The average Bonchev–Trinajstić information content (AvgIpc) is 2.72. The van der Waals surface area contributed by atoms with Crippen LogP contribution < -0.4 is 14.4 Å². The van der Waals surface area contributed by atoms with Gasteiger partial charge in [-0.15, -0.1) is 0 Å². The molecule has 0 bridgehead atoms. The second-order valence-electron chi connectivity index (χ2n) is 5.97. The second kappa shape index (κ2) is 8.63. The zero-order valence-electron chi connectivity index (χ0n) is 15.4. The number of hydrogen-bond acceptors (Lipinski definition) is 4. The summed E-state index contributed by atoms with van der Waals surface area (Å²) in [5, 5.41) is 10.0. The van der Waals surface area contributed by atoms with Crippen LogP contribution in [0.15, 0.2) is 60.9 Å². The summed E-state index contributed by atoms with van der Waals surface area (Å²) < 4.78 is 10.5. The Kier molecular flexibility index (Phi) is 6.01. The molecule has 2 aromatic carbocycles. The first kappa shape index (κ1) is 19.5. The number of amides is 1. The fourth-order valence-electron chi connectivity index (χ4n) is 2.83. The summed E-state index contributed by atoms with van der Waals surface area (Å²) >= 11 is 6.19. The van der Waals surface area contributed by atoms with Crippen molar-refractivity contribution in [3.05, 3.63) is 71.5 Å². The molecule has 28 heavy (non-hydrogen) atoms. The van der Waals surface area contributed by atoms with Crippen LogP contribution >= 0.6 is 11.6 Å². The van der Waals surface area contributed by atoms with Gasteiger partial charge in [0.2, 0.25) is 0 Å². The maximum absolute atomic E-state index is 11.9. The van der Waals surface area contributed by atoms with E-state index in [1.165, 1.54) is 25.2 Å². The second-order valence-corrected chi connectivity index (χ2v) is 6.37. The molecule has 1 amide bonds. The van der Waals surface area contributed by atoms with E-state index in [1.54, 1.807) is 18.5 Å². The predicted octanol–water partition coefficient (Wildman–Crippen LogP) is 5.10. The molecular weight excluding hydrogens is 380 g/mol. The Balaban J connectivity index is 1.90. The number of rotatable bonds is 6. The third-order valence-corrected chi connectivity index (χ3v) is 4.56. The van der Waals surface area contributed by atoms with Gasteiger partial charge >= 0.3 is 6.09 Å². The molecule has 0 atom stereocenters. The van der Waals surface area contributed by atoms with Crippen LogP contribution in [0.25, 0.3) is 11.1 Å². The van der Waals surface area contributed by atoms with Gasteiger partial charge in [-0.05, 0) is 28.8 Å². The van der Waals surface area contributed by atoms with Crippen LogP contribution in [0.1, 0.15) is 5.56 Å². The minimum Gasteiger partial charge on any atom is -0.495 e. The molecule has 0 aliphatic carbocycles. The number of carboxylic acid groups (broad SMARTS) is 1. The Morgan fingerprint density at radius 1 is 1.07 bits per heavy atom. The van der Waals surface area contributed by atoms with E-state index in [9.17, 15) is 9.90 Å². The lowest BCUT2D eigenvalue weighted by Gasteiger charge is -2.23. The van der Waals surface area contributed by atoms with Gasteiger partial charge in [0.05, 0.1) is 31.5 Å². The average molecular weight is 399 g/mol. The van der Waals surface area contributed by atoms with E-state index in [0.29, 0.717) is 22.2 Å². The van der Waals surface area contributed by atoms with Gasteiger partial charge in [-0.3, -0.25) is 9.88 Å². The van der Waals surface area contributed by atoms with Crippen LogP contribution in [-0.4, -0.2) is 30.4 Å². The fourth-order valence-corrected chi connectivity index (χ4v) is 3.06. The number of carbonyl (C=O) groups is 1. The molecule has 0 fully saturated rings. The van der Waals surface area contributed by atoms with Crippen molar-refractivity contribution in [2.24, 2.45) is 0 Å². The SMILES string of the molecule is COc1cc(OC)c(N(Cc2ccc(-c3cccnc3)cc2)C(=O)O)cc1Cl. The molecule has 0 unspecified atom stereocenters. The summed E-state index contributed by atoms with van der Waals surface area (Å²) in [5.74, 6) is 0.768. The zero-order chi connectivity index (χ0) is 20.1. The molecule has 1 N–H and O–H groups in total. The molecule has 1 heterocycles. The van der Waals surface area contributed by atoms with E-state index in [0.717, 1.165) is 16.7 Å². The first-order chi connectivity index (χ1) is 13.5. The lowest BCUT2D eigenvalue weighted by atomic mass is 10.1. The van der Waals surface area contributed by atoms with Gasteiger partial charge in [0, 0.05) is 18.5 Å². The maximum Gasteiger partial charge on any atom is 0.412 e. The van der Waals surface area contributed by atoms with Gasteiger partial charge in [0.25, 0.3) is 0 Å². The van der Waals surface area contributed by atoms with Gasteiger partial charge in [0.15, 0.2) is 0 Å². The Hall–Kier alpha value is -3.25. The van der Waals surface area contributed by atoms with Crippen LogP contribution in [0.4, 0.5) is 10.5 Å². The lowest BCUT2D eigenvalue weighted by Crippen LogP contribution is -2.29. The molecular formula is C21H19ClN2O4. The number of pyridine rings is 1. The highest BCUT2D eigenvalue weighted by molar-refractivity contribution is 6.32. The van der Waals surface area contributed by atoms with E-state index in [4.69, 9.17) is 21.1 Å². The molecule has 0 spiro atoms. The summed E-state index contributed by atoms with van der Waals surface area (Å²) in [6, 6.07) is 14.6. The van der Waals surface area contributed by atoms with Crippen molar-refractivity contribution in [2.75, 3.05) is 19.1 Å². The number of ether oxygens (including phenoxy) is 2. The van der Waals surface area contributed by atoms with Crippen LogP contribution in [0.2, 0.25) is 5.02 Å². The van der Waals surface area contributed by atoms with Crippen molar-refractivity contribution in [3.8, 4) is 22.6 Å². The molecule has 0 aliphatic heterocycles. The molecule has 6 nitrogen and oxygen atoms in total. The first-order valence-corrected chi connectivity index (χ1v) is 8.82. The van der Waals surface area contributed by atoms with Crippen molar-refractivity contribution in [1.82, 2.24) is 4.98 Å². The van der Waals surface area contributed by atoms with Gasteiger partial charge in [-0.2, -0.15) is 0 Å². The van der Waals surface area contributed by atoms with E-state index in [1.807, 2.05) is 36.4 Å². The smallest absolute Gasteiger partial charge is 0.412 e. The fraction of sp³-hybridized carbons (Fsp3) is 0.143. The molecule has 3 aromatic rings. The first-order valence-electron chi connectivity index (χ1n) is 8.44. The molecule has 0 saturated heterocycles. The van der Waals surface area contributed by atoms with Gasteiger partial charge < -0.3 is 14.6 Å². The summed E-state index contributed by atoms with van der Waals surface area (Å²) in [5.41, 5.74) is 3.16. The van der Waals surface area contributed by atoms with Crippen molar-refractivity contribution in [3.63, 3.8) is 0 Å². The van der Waals surface area contributed by atoms with Gasteiger partial charge in [0.1, 0.15) is 11.5 Å². The monoisotopic (exact) mass is 398 g/mol. The van der Waals surface area contributed by atoms with Crippen LogP contribution in [-0.2, 0) is 6.54 Å². The van der Waals surface area contributed by atoms with E-state index in [2.05, 4.69) is 4.98 Å². The number of halogens is 1. The summed E-state index contributed by atoms with van der Waals surface area (Å²) in [6.45, 7) is 0.141. The molecule has 0 radical (unpaired) electrons. The third kappa shape index (κ3) is 4.18. The molecule has 0 aliphatic rings. The van der Waals surface area contributed by atoms with Crippen molar-refractivity contribution < 1.29 is 19.4 Å². The zero-order valence-corrected chi connectivity index (χ0v) is 16.2. The lowest BCUT2D eigenvalue weighted by molar-refractivity contribution is 0.201. The maximum atomic E-state index is 11.9. The highest BCUT2D eigenvalue weighted by atomic mass is 35.5. The Morgan fingerprint density at radius 3 is 2.36 bits per heavy atom. The number of aromatic nitrogens is 1. The highest BCUT2D eigenvalue weighted by Gasteiger charge is 2.21. The number of anilines is 1. The molecule has 3 rings (SSSR count). The van der Waals surface area contributed by atoms with Crippen LogP contribution in [0.5, 0.6) is 11.5 Å². The van der Waals surface area contributed by atoms with E-state index in [-0.39, 0.29) is 6.54 Å². The van der Waals surface area contributed by atoms with Gasteiger partial charge in [-0.25, -0.2) is 4.79 Å². The topological polar surface area (TPSA) is 71.9 Å². The Bertz CT molecular complexity index is 962. The van der Waals surface area contributed by atoms with E-state index < -0.39 is 6.09 Å². The molecule has 1 aromatic heterocycles. The molecule has 0 saturated carbocycles. The van der Waals surface area contributed by atoms with Crippen molar-refractivity contribution in [2.45, 2.75) is 6.54 Å². The minimum atomic E-state index is -1.11. The minimum absolute atomic E-state index is 0.141. The Labute approximate surface area is 167 Å². The summed E-state index contributed by atoms with van der Waals surface area (Å²) in [7, 11) is 2.95.